The van der Waals surface area contributed by atoms with E-state index in [2.05, 4.69) is 36.8 Å². The lowest BCUT2D eigenvalue weighted by atomic mass is 10.2. The second kappa shape index (κ2) is 3.80. The largest absolute Gasteiger partial charge is 0.250 e. The molecule has 2 rings (SSSR count). The van der Waals surface area contributed by atoms with Crippen LogP contribution in [-0.2, 0) is 0 Å². The van der Waals surface area contributed by atoms with Gasteiger partial charge in [0.05, 0.1) is 20.7 Å². The summed E-state index contributed by atoms with van der Waals surface area (Å²) in [6, 6.07) is 5.75. The molecule has 14 heavy (non-hydrogen) atoms. The molecule has 0 spiro atoms. The molecule has 0 amide bonds. The highest BCUT2D eigenvalue weighted by molar-refractivity contribution is 9.13. The Morgan fingerprint density at radius 3 is 2.64 bits per heavy atom. The van der Waals surface area contributed by atoms with Crippen LogP contribution in [0.15, 0.2) is 27.1 Å². The van der Waals surface area contributed by atoms with Crippen molar-refractivity contribution in [3.63, 3.8) is 0 Å². The van der Waals surface area contributed by atoms with E-state index in [1.807, 2.05) is 25.1 Å². The first-order valence-electron chi connectivity index (χ1n) is 4.01. The topological polar surface area (TPSA) is 12.9 Å². The molecule has 72 valence electrons. The molecule has 0 N–H and O–H groups in total. The van der Waals surface area contributed by atoms with Crippen molar-refractivity contribution in [1.29, 1.82) is 0 Å². The standard InChI is InChI=1S/C10H6Br2ClN/c1-5-8(11)9(12)6-3-2-4-7(13)10(6)14-5/h2-4H,1H3. The molecule has 2 aromatic rings. The number of benzene rings is 1. The minimum atomic E-state index is 0.679. The summed E-state index contributed by atoms with van der Waals surface area (Å²) >= 11 is 13.0. The van der Waals surface area contributed by atoms with Gasteiger partial charge in [-0.2, -0.15) is 0 Å². The van der Waals surface area contributed by atoms with Gasteiger partial charge in [-0.05, 0) is 44.8 Å². The Labute approximate surface area is 104 Å². The second-order valence-electron chi connectivity index (χ2n) is 2.96. The van der Waals surface area contributed by atoms with Gasteiger partial charge < -0.3 is 0 Å². The van der Waals surface area contributed by atoms with E-state index in [-0.39, 0.29) is 0 Å². The predicted octanol–water partition coefficient (Wildman–Crippen LogP) is 4.72. The van der Waals surface area contributed by atoms with Gasteiger partial charge in [-0.15, -0.1) is 0 Å². The van der Waals surface area contributed by atoms with Gasteiger partial charge in [0.1, 0.15) is 0 Å². The number of aromatic nitrogens is 1. The number of pyridine rings is 1. The Morgan fingerprint density at radius 1 is 1.21 bits per heavy atom. The molecule has 0 aliphatic heterocycles. The smallest absolute Gasteiger partial charge is 0.0903 e. The molecule has 1 aromatic carbocycles. The Hall–Kier alpha value is -0.120. The van der Waals surface area contributed by atoms with Crippen LogP contribution in [0, 0.1) is 6.92 Å². The molecule has 0 aliphatic carbocycles. The summed E-state index contributed by atoms with van der Waals surface area (Å²) in [5.74, 6) is 0. The predicted molar refractivity (Wildman–Crippen MR) is 66.9 cm³/mol. The molecule has 0 saturated heterocycles. The number of nitrogens with zero attached hydrogens (tertiary/aromatic N) is 1. The highest BCUT2D eigenvalue weighted by atomic mass is 79.9. The van der Waals surface area contributed by atoms with Gasteiger partial charge in [0, 0.05) is 9.86 Å². The van der Waals surface area contributed by atoms with Crippen LogP contribution in [0.1, 0.15) is 5.69 Å². The highest BCUT2D eigenvalue weighted by Gasteiger charge is 2.09. The number of fused-ring (bicyclic) bond motifs is 1. The molecule has 0 atom stereocenters. The lowest BCUT2D eigenvalue weighted by molar-refractivity contribution is 1.22. The Bertz CT molecular complexity index is 511. The summed E-state index contributed by atoms with van der Waals surface area (Å²) in [7, 11) is 0. The molecule has 0 aliphatic rings. The number of halogens is 3. The maximum absolute atomic E-state index is 6.05. The van der Waals surface area contributed by atoms with Crippen molar-refractivity contribution >= 4 is 54.4 Å². The first kappa shape index (κ1) is 10.4. The molecular weight excluding hydrogens is 329 g/mol. The van der Waals surface area contributed by atoms with Crippen LogP contribution in [0.3, 0.4) is 0 Å². The molecular formula is C10H6Br2ClN. The molecule has 0 fully saturated rings. The van der Waals surface area contributed by atoms with Gasteiger partial charge in [-0.3, -0.25) is 4.98 Å². The van der Waals surface area contributed by atoms with E-state index < -0.39 is 0 Å². The van der Waals surface area contributed by atoms with Crippen molar-refractivity contribution in [2.75, 3.05) is 0 Å². The normalized spacial score (nSPS) is 10.9. The van der Waals surface area contributed by atoms with E-state index in [1.165, 1.54) is 0 Å². The average Bonchev–Trinajstić information content (AvgIpc) is 2.17. The van der Waals surface area contributed by atoms with Gasteiger partial charge >= 0.3 is 0 Å². The van der Waals surface area contributed by atoms with Gasteiger partial charge in [-0.1, -0.05) is 23.7 Å². The quantitative estimate of drug-likeness (QED) is 0.679. The van der Waals surface area contributed by atoms with Crippen molar-refractivity contribution in [1.82, 2.24) is 4.98 Å². The van der Waals surface area contributed by atoms with Gasteiger partial charge in [-0.25, -0.2) is 0 Å². The summed E-state index contributed by atoms with van der Waals surface area (Å²) in [4.78, 5) is 4.43. The van der Waals surface area contributed by atoms with Gasteiger partial charge in [0.2, 0.25) is 0 Å². The molecule has 0 saturated carbocycles. The van der Waals surface area contributed by atoms with E-state index in [0.717, 1.165) is 25.5 Å². The molecule has 1 heterocycles. The third kappa shape index (κ3) is 1.58. The summed E-state index contributed by atoms with van der Waals surface area (Å²) in [6.07, 6.45) is 0. The van der Waals surface area contributed by atoms with E-state index in [1.54, 1.807) is 0 Å². The van der Waals surface area contributed by atoms with E-state index >= 15 is 0 Å². The summed E-state index contributed by atoms with van der Waals surface area (Å²) in [6.45, 7) is 1.94. The van der Waals surface area contributed by atoms with Crippen LogP contribution in [0.5, 0.6) is 0 Å². The molecule has 4 heteroatoms. The molecule has 0 unspecified atom stereocenters. The average molecular weight is 335 g/mol. The first-order chi connectivity index (χ1) is 6.61. The van der Waals surface area contributed by atoms with Crippen molar-refractivity contribution in [3.05, 3.63) is 37.9 Å². The fourth-order valence-electron chi connectivity index (χ4n) is 1.30. The maximum atomic E-state index is 6.05. The minimum Gasteiger partial charge on any atom is -0.250 e. The molecule has 0 bridgehead atoms. The van der Waals surface area contributed by atoms with Crippen LogP contribution < -0.4 is 0 Å². The van der Waals surface area contributed by atoms with Crippen LogP contribution in [0.25, 0.3) is 10.9 Å². The summed E-state index contributed by atoms with van der Waals surface area (Å²) in [5.41, 5.74) is 1.76. The number of rotatable bonds is 0. The van der Waals surface area contributed by atoms with Crippen molar-refractivity contribution in [3.8, 4) is 0 Å². The highest BCUT2D eigenvalue weighted by Crippen LogP contribution is 2.34. The van der Waals surface area contributed by atoms with Crippen LogP contribution in [-0.4, -0.2) is 4.98 Å². The number of hydrogen-bond acceptors (Lipinski definition) is 1. The number of hydrogen-bond donors (Lipinski definition) is 0. The second-order valence-corrected chi connectivity index (χ2v) is 4.95. The third-order valence-corrected chi connectivity index (χ3v) is 4.64. The van der Waals surface area contributed by atoms with Crippen molar-refractivity contribution in [2.24, 2.45) is 0 Å². The number of para-hydroxylation sites is 1. The SMILES string of the molecule is Cc1nc2c(Cl)cccc2c(Br)c1Br. The van der Waals surface area contributed by atoms with Crippen LogP contribution in [0.2, 0.25) is 5.02 Å². The Morgan fingerprint density at radius 2 is 1.93 bits per heavy atom. The third-order valence-electron chi connectivity index (χ3n) is 2.01. The Kier molecular flexibility index (Phi) is 2.82. The number of aryl methyl sites for hydroxylation is 1. The molecule has 1 aromatic heterocycles. The van der Waals surface area contributed by atoms with Crippen molar-refractivity contribution in [2.45, 2.75) is 6.92 Å². The molecule has 0 radical (unpaired) electrons. The van der Waals surface area contributed by atoms with E-state index in [0.29, 0.717) is 5.02 Å². The zero-order valence-corrected chi connectivity index (χ0v) is 11.2. The van der Waals surface area contributed by atoms with E-state index in [4.69, 9.17) is 11.6 Å². The fraction of sp³-hybridized carbons (Fsp3) is 0.100. The van der Waals surface area contributed by atoms with Crippen molar-refractivity contribution < 1.29 is 0 Å². The Balaban J connectivity index is 2.98. The lowest BCUT2D eigenvalue weighted by Crippen LogP contribution is -1.88. The lowest BCUT2D eigenvalue weighted by Gasteiger charge is -2.06. The zero-order valence-electron chi connectivity index (χ0n) is 7.31. The van der Waals surface area contributed by atoms with E-state index in [9.17, 15) is 0 Å². The van der Waals surface area contributed by atoms with Gasteiger partial charge in [0.25, 0.3) is 0 Å². The van der Waals surface area contributed by atoms with Crippen LogP contribution >= 0.6 is 43.5 Å². The maximum Gasteiger partial charge on any atom is 0.0903 e. The monoisotopic (exact) mass is 333 g/mol. The summed E-state index contributed by atoms with van der Waals surface area (Å²) < 4.78 is 1.98. The minimum absolute atomic E-state index is 0.679. The summed E-state index contributed by atoms with van der Waals surface area (Å²) in [5, 5.41) is 1.70. The van der Waals surface area contributed by atoms with Gasteiger partial charge in [0.15, 0.2) is 0 Å². The first-order valence-corrected chi connectivity index (χ1v) is 5.97. The molecule has 1 nitrogen and oxygen atoms in total. The van der Waals surface area contributed by atoms with Crippen LogP contribution in [0.4, 0.5) is 0 Å². The zero-order chi connectivity index (χ0) is 10.3. The fourth-order valence-corrected chi connectivity index (χ4v) is 2.43.